The van der Waals surface area contributed by atoms with Crippen LogP contribution in [0, 0.1) is 0 Å². The van der Waals surface area contributed by atoms with E-state index in [0.717, 1.165) is 5.56 Å². The maximum absolute atomic E-state index is 11.7. The number of carbonyl (C=O) groups is 1. The first-order valence-corrected chi connectivity index (χ1v) is 7.27. The number of carbonyl (C=O) groups excluding carboxylic acids is 1. The normalized spacial score (nSPS) is 10.2. The number of anilines is 1. The van der Waals surface area contributed by atoms with Crippen molar-refractivity contribution >= 4 is 39.2 Å². The van der Waals surface area contributed by atoms with Gasteiger partial charge in [0.2, 0.25) is 0 Å². The topological polar surface area (TPSA) is 58.6 Å². The summed E-state index contributed by atoms with van der Waals surface area (Å²) in [6.45, 7) is 0.491. The van der Waals surface area contributed by atoms with Gasteiger partial charge in [-0.05, 0) is 51.8 Å². The lowest BCUT2D eigenvalue weighted by Crippen LogP contribution is -2.08. The number of halogens is 2. The molecule has 0 heterocycles. The number of phenols is 1. The molecule has 0 bridgehead atoms. The average Bonchev–Trinajstić information content (AvgIpc) is 2.48. The molecule has 4 nitrogen and oxygen atoms in total. The van der Waals surface area contributed by atoms with E-state index in [4.69, 9.17) is 16.3 Å². The second kappa shape index (κ2) is 6.83. The highest BCUT2D eigenvalue weighted by molar-refractivity contribution is 9.10. The second-order valence-corrected chi connectivity index (χ2v) is 5.61. The van der Waals surface area contributed by atoms with Gasteiger partial charge in [0.25, 0.3) is 0 Å². The molecule has 0 aromatic heterocycles. The quantitative estimate of drug-likeness (QED) is 0.792. The van der Waals surface area contributed by atoms with Crippen LogP contribution in [0.25, 0.3) is 0 Å². The summed E-state index contributed by atoms with van der Waals surface area (Å²) in [5.41, 5.74) is 1.96. The van der Waals surface area contributed by atoms with Gasteiger partial charge in [0.05, 0.1) is 17.1 Å². The van der Waals surface area contributed by atoms with Crippen LogP contribution in [-0.4, -0.2) is 18.2 Å². The third-order valence-electron chi connectivity index (χ3n) is 2.88. The zero-order valence-corrected chi connectivity index (χ0v) is 13.5. The van der Waals surface area contributed by atoms with Gasteiger partial charge in [-0.25, -0.2) is 4.79 Å². The summed E-state index contributed by atoms with van der Waals surface area (Å²) in [5, 5.41) is 13.1. The molecule has 0 spiro atoms. The Morgan fingerprint density at radius 3 is 2.76 bits per heavy atom. The molecule has 0 atom stereocenters. The van der Waals surface area contributed by atoms with Crippen molar-refractivity contribution in [3.8, 4) is 5.75 Å². The maximum Gasteiger partial charge on any atom is 0.340 e. The predicted octanol–water partition coefficient (Wildman–Crippen LogP) is 4.21. The summed E-state index contributed by atoms with van der Waals surface area (Å²) < 4.78 is 5.36. The van der Waals surface area contributed by atoms with Crippen LogP contribution in [0.1, 0.15) is 15.9 Å². The molecule has 6 heteroatoms. The summed E-state index contributed by atoms with van der Waals surface area (Å²) in [7, 11) is 1.32. The van der Waals surface area contributed by atoms with Crippen molar-refractivity contribution < 1.29 is 14.6 Å². The van der Waals surface area contributed by atoms with Crippen LogP contribution in [0.4, 0.5) is 5.69 Å². The molecule has 2 N–H and O–H groups in total. The van der Waals surface area contributed by atoms with Gasteiger partial charge in [-0.1, -0.05) is 17.7 Å². The molecule has 0 fully saturated rings. The number of nitrogens with one attached hydrogen (secondary N) is 1. The summed E-state index contributed by atoms with van der Waals surface area (Å²) in [5.74, 6) is -0.271. The molecule has 21 heavy (non-hydrogen) atoms. The van der Waals surface area contributed by atoms with Crippen LogP contribution in [0.5, 0.6) is 5.75 Å². The number of hydrogen-bond acceptors (Lipinski definition) is 4. The molecule has 0 aliphatic carbocycles. The Kier molecular flexibility index (Phi) is 5.09. The van der Waals surface area contributed by atoms with Gasteiger partial charge < -0.3 is 15.2 Å². The largest absolute Gasteiger partial charge is 0.507 e. The van der Waals surface area contributed by atoms with E-state index in [1.54, 1.807) is 36.4 Å². The van der Waals surface area contributed by atoms with Gasteiger partial charge in [-0.3, -0.25) is 0 Å². The van der Waals surface area contributed by atoms with Crippen LogP contribution in [-0.2, 0) is 11.3 Å². The highest BCUT2D eigenvalue weighted by atomic mass is 79.9. The van der Waals surface area contributed by atoms with Gasteiger partial charge in [-0.15, -0.1) is 0 Å². The average molecular weight is 371 g/mol. The third-order valence-corrected chi connectivity index (χ3v) is 3.75. The lowest BCUT2D eigenvalue weighted by molar-refractivity contribution is 0.0602. The van der Waals surface area contributed by atoms with Crippen molar-refractivity contribution in [3.63, 3.8) is 0 Å². The molecule has 0 radical (unpaired) electrons. The number of ether oxygens (including phenoxy) is 1. The summed E-state index contributed by atoms with van der Waals surface area (Å²) >= 11 is 9.17. The highest BCUT2D eigenvalue weighted by Crippen LogP contribution is 2.26. The van der Waals surface area contributed by atoms with Crippen LogP contribution >= 0.6 is 27.5 Å². The van der Waals surface area contributed by atoms with Crippen molar-refractivity contribution in [2.75, 3.05) is 12.4 Å². The molecule has 0 saturated carbocycles. The Balaban J connectivity index is 2.19. The number of benzene rings is 2. The minimum atomic E-state index is -0.452. The van der Waals surface area contributed by atoms with E-state index >= 15 is 0 Å². The highest BCUT2D eigenvalue weighted by Gasteiger charge is 2.12. The van der Waals surface area contributed by atoms with Gasteiger partial charge in [0.1, 0.15) is 5.75 Å². The summed E-state index contributed by atoms with van der Waals surface area (Å²) in [6.07, 6.45) is 0. The third kappa shape index (κ3) is 3.89. The van der Waals surface area contributed by atoms with E-state index in [-0.39, 0.29) is 5.75 Å². The zero-order valence-electron chi connectivity index (χ0n) is 11.2. The van der Waals surface area contributed by atoms with Crippen LogP contribution in [0.3, 0.4) is 0 Å². The Morgan fingerprint density at radius 2 is 2.10 bits per heavy atom. The first kappa shape index (κ1) is 15.7. The van der Waals surface area contributed by atoms with Crippen molar-refractivity contribution in [2.24, 2.45) is 0 Å². The maximum atomic E-state index is 11.7. The summed E-state index contributed by atoms with van der Waals surface area (Å²) in [6, 6.07) is 10.2. The molecule has 0 aliphatic rings. The SMILES string of the molecule is COC(=O)c1cc(Cl)ccc1NCc1ccc(O)c(Br)c1. The molecule has 2 aromatic rings. The molecule has 0 amide bonds. The van der Waals surface area contributed by atoms with E-state index in [9.17, 15) is 9.90 Å². The molecular formula is C15H13BrClNO3. The first-order chi connectivity index (χ1) is 10.0. The minimum Gasteiger partial charge on any atom is -0.507 e. The lowest BCUT2D eigenvalue weighted by atomic mass is 10.1. The Bertz CT molecular complexity index is 676. The number of methoxy groups -OCH3 is 1. The Morgan fingerprint density at radius 1 is 1.33 bits per heavy atom. The Labute approximate surface area is 135 Å². The van der Waals surface area contributed by atoms with Crippen molar-refractivity contribution in [1.82, 2.24) is 0 Å². The van der Waals surface area contributed by atoms with Crippen LogP contribution in [0.15, 0.2) is 40.9 Å². The van der Waals surface area contributed by atoms with Crippen molar-refractivity contribution in [1.29, 1.82) is 0 Å². The van der Waals surface area contributed by atoms with Crippen molar-refractivity contribution in [2.45, 2.75) is 6.54 Å². The van der Waals surface area contributed by atoms with Crippen molar-refractivity contribution in [3.05, 3.63) is 57.0 Å². The predicted molar refractivity (Wildman–Crippen MR) is 85.9 cm³/mol. The molecule has 0 aliphatic heterocycles. The molecule has 0 unspecified atom stereocenters. The molecule has 2 rings (SSSR count). The molecular weight excluding hydrogens is 358 g/mol. The van der Waals surface area contributed by atoms with Crippen LogP contribution < -0.4 is 5.32 Å². The number of esters is 1. The zero-order chi connectivity index (χ0) is 15.4. The van der Waals surface area contributed by atoms with E-state index in [1.165, 1.54) is 7.11 Å². The molecule has 0 saturated heterocycles. The number of rotatable bonds is 4. The van der Waals surface area contributed by atoms with Crippen LogP contribution in [0.2, 0.25) is 5.02 Å². The first-order valence-electron chi connectivity index (χ1n) is 6.10. The fourth-order valence-corrected chi connectivity index (χ4v) is 2.41. The standard InChI is InChI=1S/C15H13BrClNO3/c1-21-15(20)11-7-10(17)3-4-13(11)18-8-9-2-5-14(19)12(16)6-9/h2-7,18-19H,8H2,1H3. The van der Waals surface area contributed by atoms with E-state index in [1.807, 2.05) is 0 Å². The van der Waals surface area contributed by atoms with E-state index < -0.39 is 5.97 Å². The smallest absolute Gasteiger partial charge is 0.340 e. The van der Waals surface area contributed by atoms with Gasteiger partial charge in [0, 0.05) is 17.3 Å². The number of hydrogen-bond donors (Lipinski definition) is 2. The van der Waals surface area contributed by atoms with E-state index in [0.29, 0.717) is 27.3 Å². The second-order valence-electron chi connectivity index (χ2n) is 4.32. The van der Waals surface area contributed by atoms with Gasteiger partial charge in [-0.2, -0.15) is 0 Å². The van der Waals surface area contributed by atoms with Gasteiger partial charge in [0.15, 0.2) is 0 Å². The fourth-order valence-electron chi connectivity index (χ4n) is 1.81. The number of phenolic OH excluding ortho intramolecular Hbond substituents is 1. The monoisotopic (exact) mass is 369 g/mol. The minimum absolute atomic E-state index is 0.181. The molecule has 2 aromatic carbocycles. The van der Waals surface area contributed by atoms with E-state index in [2.05, 4.69) is 21.2 Å². The Hall–Kier alpha value is -1.72. The van der Waals surface area contributed by atoms with Gasteiger partial charge >= 0.3 is 5.97 Å². The fraction of sp³-hybridized carbons (Fsp3) is 0.133. The molecule has 110 valence electrons. The lowest BCUT2D eigenvalue weighted by Gasteiger charge is -2.11. The summed E-state index contributed by atoms with van der Waals surface area (Å²) in [4.78, 5) is 11.7. The number of aromatic hydroxyl groups is 1.